The van der Waals surface area contributed by atoms with Crippen LogP contribution in [0.1, 0.15) is 44.1 Å². The Balaban J connectivity index is 0.00000261. The molecule has 2 fully saturated rings. The van der Waals surface area contributed by atoms with Gasteiger partial charge in [-0.3, -0.25) is 4.99 Å². The molecular weight excluding hydrogens is 477 g/mol. The largest absolute Gasteiger partial charge is 0.496 e. The molecule has 1 aliphatic carbocycles. The predicted octanol–water partition coefficient (Wildman–Crippen LogP) is 4.12. The van der Waals surface area contributed by atoms with Crippen molar-refractivity contribution in [3.63, 3.8) is 0 Å². The van der Waals surface area contributed by atoms with Crippen molar-refractivity contribution in [3.8, 4) is 5.75 Å². The van der Waals surface area contributed by atoms with Crippen molar-refractivity contribution in [2.75, 3.05) is 33.9 Å². The maximum absolute atomic E-state index is 6.32. The average molecular weight is 508 g/mol. The van der Waals surface area contributed by atoms with Crippen LogP contribution in [0.25, 0.3) is 0 Å². The lowest BCUT2D eigenvalue weighted by molar-refractivity contribution is 0.0505. The molecule has 0 aromatic heterocycles. The van der Waals surface area contributed by atoms with E-state index in [-0.39, 0.29) is 29.4 Å². The molecule has 1 saturated heterocycles. The van der Waals surface area contributed by atoms with Gasteiger partial charge in [0.05, 0.1) is 7.11 Å². The van der Waals surface area contributed by atoms with Gasteiger partial charge in [-0.2, -0.15) is 0 Å². The Hall–Kier alpha value is -0.730. The SMILES string of the molecule is CN=C(NCC1(c2cc(Cl)ccc2OC)CCOCC1)NC1CCCC1.I. The second-order valence-electron chi connectivity index (χ2n) is 7.29. The third-order valence-electron chi connectivity index (χ3n) is 5.70. The van der Waals surface area contributed by atoms with E-state index in [1.165, 1.54) is 25.7 Å². The maximum atomic E-state index is 6.32. The van der Waals surface area contributed by atoms with Crippen LogP contribution in [0.2, 0.25) is 5.02 Å². The molecule has 1 aromatic carbocycles. The van der Waals surface area contributed by atoms with Crippen LogP contribution in [-0.2, 0) is 10.2 Å². The van der Waals surface area contributed by atoms with Crippen molar-refractivity contribution >= 4 is 41.5 Å². The number of guanidine groups is 1. The zero-order valence-electron chi connectivity index (χ0n) is 16.2. The van der Waals surface area contributed by atoms with E-state index >= 15 is 0 Å². The maximum Gasteiger partial charge on any atom is 0.191 e. The van der Waals surface area contributed by atoms with Gasteiger partial charge in [-0.25, -0.2) is 0 Å². The lowest BCUT2D eigenvalue weighted by atomic mass is 9.73. The van der Waals surface area contributed by atoms with E-state index in [4.69, 9.17) is 21.1 Å². The molecule has 1 aliphatic heterocycles. The minimum absolute atomic E-state index is 0. The highest BCUT2D eigenvalue weighted by Gasteiger charge is 2.37. The summed E-state index contributed by atoms with van der Waals surface area (Å²) >= 11 is 6.32. The summed E-state index contributed by atoms with van der Waals surface area (Å²) in [6.45, 7) is 2.26. The number of halogens is 2. The molecule has 3 rings (SSSR count). The summed E-state index contributed by atoms with van der Waals surface area (Å²) in [6.07, 6.45) is 6.91. The van der Waals surface area contributed by atoms with E-state index in [0.717, 1.165) is 54.9 Å². The number of ether oxygens (including phenoxy) is 2. The topological polar surface area (TPSA) is 54.9 Å². The van der Waals surface area contributed by atoms with Crippen LogP contribution >= 0.6 is 35.6 Å². The summed E-state index contributed by atoms with van der Waals surface area (Å²) in [5, 5.41) is 7.86. The first kappa shape index (κ1) is 22.6. The Morgan fingerprint density at radius 1 is 1.30 bits per heavy atom. The van der Waals surface area contributed by atoms with E-state index in [2.05, 4.69) is 15.6 Å². The Bertz CT molecular complexity index is 630. The molecule has 0 unspecified atom stereocenters. The van der Waals surface area contributed by atoms with Gasteiger partial charge in [0.1, 0.15) is 5.75 Å². The summed E-state index contributed by atoms with van der Waals surface area (Å²) in [4.78, 5) is 4.43. The highest BCUT2D eigenvalue weighted by molar-refractivity contribution is 14.0. The number of nitrogens with zero attached hydrogens (tertiary/aromatic N) is 1. The Kier molecular flexibility index (Phi) is 8.95. The first-order valence-corrected chi connectivity index (χ1v) is 9.93. The first-order valence-electron chi connectivity index (χ1n) is 9.56. The van der Waals surface area contributed by atoms with Gasteiger partial charge in [0.2, 0.25) is 0 Å². The summed E-state index contributed by atoms with van der Waals surface area (Å²) in [6, 6.07) is 6.42. The third-order valence-corrected chi connectivity index (χ3v) is 5.93. The van der Waals surface area contributed by atoms with Crippen molar-refractivity contribution in [2.45, 2.75) is 50.0 Å². The summed E-state index contributed by atoms with van der Waals surface area (Å²) < 4.78 is 11.3. The molecule has 1 heterocycles. The lowest BCUT2D eigenvalue weighted by Gasteiger charge is -2.39. The van der Waals surface area contributed by atoms with Crippen molar-refractivity contribution in [3.05, 3.63) is 28.8 Å². The highest BCUT2D eigenvalue weighted by Crippen LogP contribution is 2.40. The van der Waals surface area contributed by atoms with Crippen molar-refractivity contribution in [1.29, 1.82) is 0 Å². The van der Waals surface area contributed by atoms with Crippen LogP contribution in [0.3, 0.4) is 0 Å². The Labute approximate surface area is 184 Å². The smallest absolute Gasteiger partial charge is 0.191 e. The van der Waals surface area contributed by atoms with Crippen molar-refractivity contribution in [2.24, 2.45) is 4.99 Å². The molecule has 0 radical (unpaired) electrons. The van der Waals surface area contributed by atoms with Gasteiger partial charge in [-0.15, -0.1) is 24.0 Å². The first-order chi connectivity index (χ1) is 12.7. The van der Waals surface area contributed by atoms with Gasteiger partial charge < -0.3 is 20.1 Å². The zero-order valence-corrected chi connectivity index (χ0v) is 19.3. The van der Waals surface area contributed by atoms with Crippen LogP contribution < -0.4 is 15.4 Å². The molecule has 5 nitrogen and oxygen atoms in total. The molecule has 0 bridgehead atoms. The van der Waals surface area contributed by atoms with Gasteiger partial charge in [0, 0.05) is 48.8 Å². The fourth-order valence-electron chi connectivity index (χ4n) is 4.11. The number of benzene rings is 1. The zero-order chi connectivity index (χ0) is 18.4. The molecular formula is C20H31ClIN3O2. The number of aliphatic imine (C=N–C) groups is 1. The lowest BCUT2D eigenvalue weighted by Crippen LogP contribution is -2.49. The molecule has 27 heavy (non-hydrogen) atoms. The van der Waals surface area contributed by atoms with Crippen LogP contribution in [-0.4, -0.2) is 45.9 Å². The van der Waals surface area contributed by atoms with Gasteiger partial charge in [-0.05, 0) is 43.9 Å². The van der Waals surface area contributed by atoms with Gasteiger partial charge in [0.15, 0.2) is 5.96 Å². The molecule has 1 saturated carbocycles. The van der Waals surface area contributed by atoms with Crippen LogP contribution in [0.15, 0.2) is 23.2 Å². The molecule has 0 spiro atoms. The van der Waals surface area contributed by atoms with Gasteiger partial charge in [-0.1, -0.05) is 24.4 Å². The summed E-state index contributed by atoms with van der Waals surface area (Å²) in [5.74, 6) is 1.76. The Morgan fingerprint density at radius 3 is 2.63 bits per heavy atom. The molecule has 7 heteroatoms. The second-order valence-corrected chi connectivity index (χ2v) is 7.73. The standard InChI is InChI=1S/C20H30ClN3O2.HI/c1-22-19(24-16-5-3-4-6-16)23-14-20(9-11-26-12-10-20)17-13-15(21)7-8-18(17)25-2;/h7-8,13,16H,3-6,9-12,14H2,1-2H3,(H2,22,23,24);1H. The van der Waals surface area contributed by atoms with Crippen LogP contribution in [0.5, 0.6) is 5.75 Å². The quantitative estimate of drug-likeness (QED) is 0.358. The van der Waals surface area contributed by atoms with E-state index in [9.17, 15) is 0 Å². The Morgan fingerprint density at radius 2 is 2.00 bits per heavy atom. The fraction of sp³-hybridized carbons (Fsp3) is 0.650. The van der Waals surface area contributed by atoms with E-state index in [1.807, 2.05) is 25.2 Å². The molecule has 0 amide bonds. The number of hydrogen-bond donors (Lipinski definition) is 2. The van der Waals surface area contributed by atoms with Gasteiger partial charge in [0.25, 0.3) is 0 Å². The van der Waals surface area contributed by atoms with Crippen molar-refractivity contribution in [1.82, 2.24) is 10.6 Å². The van der Waals surface area contributed by atoms with E-state index < -0.39 is 0 Å². The van der Waals surface area contributed by atoms with E-state index in [1.54, 1.807) is 7.11 Å². The van der Waals surface area contributed by atoms with Crippen LogP contribution in [0.4, 0.5) is 0 Å². The molecule has 152 valence electrons. The summed E-state index contributed by atoms with van der Waals surface area (Å²) in [7, 11) is 3.55. The monoisotopic (exact) mass is 507 g/mol. The predicted molar refractivity (Wildman–Crippen MR) is 122 cm³/mol. The van der Waals surface area contributed by atoms with Gasteiger partial charge >= 0.3 is 0 Å². The molecule has 2 aliphatic rings. The molecule has 1 aromatic rings. The molecule has 2 N–H and O–H groups in total. The average Bonchev–Trinajstić information content (AvgIpc) is 3.19. The van der Waals surface area contributed by atoms with E-state index in [0.29, 0.717) is 6.04 Å². The minimum atomic E-state index is -0.0816. The highest BCUT2D eigenvalue weighted by atomic mass is 127. The van der Waals surface area contributed by atoms with Crippen molar-refractivity contribution < 1.29 is 9.47 Å². The van der Waals surface area contributed by atoms with Crippen LogP contribution in [0, 0.1) is 0 Å². The number of rotatable bonds is 5. The minimum Gasteiger partial charge on any atom is -0.496 e. The number of hydrogen-bond acceptors (Lipinski definition) is 3. The number of methoxy groups -OCH3 is 1. The normalized spacial score (nSPS) is 20.0. The second kappa shape index (κ2) is 10.7. The fourth-order valence-corrected chi connectivity index (χ4v) is 4.28. The summed E-state index contributed by atoms with van der Waals surface area (Å²) in [5.41, 5.74) is 1.07. The molecule has 0 atom stereocenters. The third kappa shape index (κ3) is 5.64. The number of nitrogens with one attached hydrogen (secondary N) is 2.